The molecule has 0 N–H and O–H groups in total. The first kappa shape index (κ1) is 27.0. The molecule has 0 saturated carbocycles. The lowest BCUT2D eigenvalue weighted by Gasteiger charge is -2.13. The first-order valence-corrected chi connectivity index (χ1v) is 12.8. The van der Waals surface area contributed by atoms with Crippen molar-refractivity contribution in [1.29, 1.82) is 0 Å². The quantitative estimate of drug-likeness (QED) is 0.119. The molecule has 0 fully saturated rings. The van der Waals surface area contributed by atoms with Crippen molar-refractivity contribution in [2.75, 3.05) is 0 Å². The Kier molecular flexibility index (Phi) is 6.87. The van der Waals surface area contributed by atoms with Gasteiger partial charge in [-0.15, -0.1) is 0 Å². The summed E-state index contributed by atoms with van der Waals surface area (Å²) in [6, 6.07) is 13.7. The number of hydrogen-bond donors (Lipinski definition) is 0. The van der Waals surface area contributed by atoms with Gasteiger partial charge in [-0.25, -0.2) is 17.9 Å². The molecule has 8 nitrogen and oxygen atoms in total. The highest BCUT2D eigenvalue weighted by Gasteiger charge is 2.31. The fourth-order valence-electron chi connectivity index (χ4n) is 3.97. The second kappa shape index (κ2) is 10.2. The van der Waals surface area contributed by atoms with Gasteiger partial charge in [0.1, 0.15) is 11.4 Å². The molecule has 0 bridgehead atoms. The van der Waals surface area contributed by atoms with E-state index < -0.39 is 55.4 Å². The molecule has 3 aromatic carbocycles. The van der Waals surface area contributed by atoms with Gasteiger partial charge in [0.2, 0.25) is 34.8 Å². The minimum atomic E-state index is -5.19. The van der Waals surface area contributed by atoms with Crippen LogP contribution in [0.3, 0.4) is 0 Å². The molecule has 0 saturated heterocycles. The van der Waals surface area contributed by atoms with Crippen molar-refractivity contribution in [2.24, 2.45) is 0 Å². The van der Waals surface area contributed by atoms with E-state index in [1.54, 1.807) is 25.1 Å². The van der Waals surface area contributed by atoms with Crippen molar-refractivity contribution in [3.8, 4) is 5.75 Å². The van der Waals surface area contributed by atoms with Crippen LogP contribution in [0.15, 0.2) is 68.8 Å². The van der Waals surface area contributed by atoms with Gasteiger partial charge in [0, 0.05) is 17.9 Å². The molecule has 0 unspecified atom stereocenters. The van der Waals surface area contributed by atoms with Crippen LogP contribution in [-0.4, -0.2) is 23.4 Å². The number of rotatable bonds is 7. The van der Waals surface area contributed by atoms with Crippen LogP contribution in [0, 0.1) is 36.0 Å². The third-order valence-corrected chi connectivity index (χ3v) is 7.07. The SMILES string of the molecule is Cc1cc(Cn2nc(Cc3ccccc3)c3ccc(S(=O)(=O)Oc4c(F)c(F)c(F)c(F)c4F)cc3c2=O)on1. The van der Waals surface area contributed by atoms with E-state index in [4.69, 9.17) is 4.52 Å². The predicted octanol–water partition coefficient (Wildman–Crippen LogP) is 4.80. The molecule has 0 aliphatic rings. The molecule has 0 atom stereocenters. The van der Waals surface area contributed by atoms with Crippen LogP contribution in [0.5, 0.6) is 5.75 Å². The summed E-state index contributed by atoms with van der Waals surface area (Å²) >= 11 is 0. The maximum Gasteiger partial charge on any atom is 0.339 e. The lowest BCUT2D eigenvalue weighted by atomic mass is 10.0. The number of aryl methyl sites for hydroxylation is 1. The maximum absolute atomic E-state index is 14.1. The van der Waals surface area contributed by atoms with Crippen molar-refractivity contribution in [2.45, 2.75) is 24.8 Å². The minimum absolute atomic E-state index is 0.157. The molecule has 14 heteroatoms. The fourth-order valence-corrected chi connectivity index (χ4v) is 4.93. The van der Waals surface area contributed by atoms with Gasteiger partial charge in [-0.05, 0) is 24.6 Å². The summed E-state index contributed by atoms with van der Waals surface area (Å²) in [5.41, 5.74) is 0.992. The van der Waals surface area contributed by atoms with E-state index in [1.807, 2.05) is 18.2 Å². The van der Waals surface area contributed by atoms with E-state index in [1.165, 1.54) is 6.07 Å². The standard InChI is InChI=1S/C26H16F5N3O5S/c1-13-9-15(38-33-13)12-34-26(35)18-11-16(7-8-17(18)19(32-34)10-14-5-3-2-4-6-14)40(36,37)39-25-23(30)21(28)20(27)22(29)24(25)31/h2-9,11H,10,12H2,1H3. The average Bonchev–Trinajstić information content (AvgIpc) is 3.36. The van der Waals surface area contributed by atoms with Crippen LogP contribution in [0.2, 0.25) is 0 Å². The van der Waals surface area contributed by atoms with E-state index in [-0.39, 0.29) is 29.5 Å². The average molecular weight is 577 g/mol. The highest BCUT2D eigenvalue weighted by molar-refractivity contribution is 7.87. The molecular weight excluding hydrogens is 561 g/mol. The summed E-state index contributed by atoms with van der Waals surface area (Å²) in [7, 11) is -5.19. The van der Waals surface area contributed by atoms with Gasteiger partial charge in [-0.2, -0.15) is 22.3 Å². The lowest BCUT2D eigenvalue weighted by Crippen LogP contribution is -2.25. The van der Waals surface area contributed by atoms with Gasteiger partial charge in [0.15, 0.2) is 5.76 Å². The smallest absolute Gasteiger partial charge is 0.339 e. The van der Waals surface area contributed by atoms with Crippen LogP contribution in [0.4, 0.5) is 22.0 Å². The summed E-state index contributed by atoms with van der Waals surface area (Å²) in [6.07, 6.45) is 0.236. The van der Waals surface area contributed by atoms with E-state index in [0.29, 0.717) is 11.4 Å². The molecule has 206 valence electrons. The second-order valence-corrected chi connectivity index (χ2v) is 10.2. The Morgan fingerprint density at radius 2 is 1.52 bits per heavy atom. The largest absolute Gasteiger partial charge is 0.372 e. The van der Waals surface area contributed by atoms with Gasteiger partial charge >= 0.3 is 10.1 Å². The molecule has 2 heterocycles. The van der Waals surface area contributed by atoms with Gasteiger partial charge in [-0.3, -0.25) is 4.79 Å². The first-order chi connectivity index (χ1) is 19.0. The number of fused-ring (bicyclic) bond motifs is 1. The zero-order valence-electron chi connectivity index (χ0n) is 20.3. The second-order valence-electron chi connectivity index (χ2n) is 8.65. The molecule has 0 spiro atoms. The van der Waals surface area contributed by atoms with E-state index >= 15 is 0 Å². The van der Waals surface area contributed by atoms with Gasteiger partial charge in [0.05, 0.1) is 16.8 Å². The van der Waals surface area contributed by atoms with Crippen molar-refractivity contribution in [3.05, 3.63) is 117 Å². The Balaban J connectivity index is 1.64. The van der Waals surface area contributed by atoms with Crippen molar-refractivity contribution < 1.29 is 39.1 Å². The third kappa shape index (κ3) is 4.93. The third-order valence-electron chi connectivity index (χ3n) is 5.86. The number of aromatic nitrogens is 3. The Bertz CT molecular complexity index is 1910. The Morgan fingerprint density at radius 3 is 2.15 bits per heavy atom. The summed E-state index contributed by atoms with van der Waals surface area (Å²) in [4.78, 5) is 12.6. The number of halogens is 5. The summed E-state index contributed by atoms with van der Waals surface area (Å²) in [5, 5.41) is 8.28. The first-order valence-electron chi connectivity index (χ1n) is 11.4. The van der Waals surface area contributed by atoms with Crippen LogP contribution in [-0.2, 0) is 23.1 Å². The Labute approximate surface area is 222 Å². The van der Waals surface area contributed by atoms with Crippen molar-refractivity contribution in [1.82, 2.24) is 14.9 Å². The highest BCUT2D eigenvalue weighted by Crippen LogP contribution is 2.32. The van der Waals surface area contributed by atoms with E-state index in [9.17, 15) is 35.2 Å². The molecule has 0 amide bonds. The van der Waals surface area contributed by atoms with Crippen LogP contribution < -0.4 is 9.74 Å². The van der Waals surface area contributed by atoms with Crippen molar-refractivity contribution >= 4 is 20.9 Å². The predicted molar refractivity (Wildman–Crippen MR) is 130 cm³/mol. The zero-order chi connectivity index (χ0) is 28.8. The molecule has 2 aromatic heterocycles. The number of benzene rings is 3. The minimum Gasteiger partial charge on any atom is -0.372 e. The topological polar surface area (TPSA) is 104 Å². The molecule has 5 rings (SSSR count). The summed E-state index contributed by atoms with van der Waals surface area (Å²) in [6.45, 7) is 1.52. The lowest BCUT2D eigenvalue weighted by molar-refractivity contribution is 0.346. The zero-order valence-corrected chi connectivity index (χ0v) is 21.1. The monoisotopic (exact) mass is 577 g/mol. The Hall–Kier alpha value is -4.59. The van der Waals surface area contributed by atoms with E-state index in [0.717, 1.165) is 22.4 Å². The molecule has 0 aliphatic carbocycles. The normalized spacial score (nSPS) is 11.8. The van der Waals surface area contributed by atoms with Crippen LogP contribution in [0.1, 0.15) is 22.7 Å². The summed E-state index contributed by atoms with van der Waals surface area (Å²) < 4.78 is 105. The maximum atomic E-state index is 14.1. The van der Waals surface area contributed by atoms with Crippen molar-refractivity contribution in [3.63, 3.8) is 0 Å². The molecule has 5 aromatic rings. The van der Waals surface area contributed by atoms with E-state index in [2.05, 4.69) is 14.4 Å². The molecule has 40 heavy (non-hydrogen) atoms. The number of nitrogens with zero attached hydrogens (tertiary/aromatic N) is 3. The summed E-state index contributed by atoms with van der Waals surface area (Å²) in [5.74, 6) is -13.9. The van der Waals surface area contributed by atoms with Crippen LogP contribution >= 0.6 is 0 Å². The molecule has 0 aliphatic heterocycles. The Morgan fingerprint density at radius 1 is 0.875 bits per heavy atom. The number of hydrogen-bond acceptors (Lipinski definition) is 7. The fraction of sp³-hybridized carbons (Fsp3) is 0.115. The van der Waals surface area contributed by atoms with Gasteiger partial charge in [0.25, 0.3) is 5.56 Å². The molecule has 0 radical (unpaired) electrons. The van der Waals surface area contributed by atoms with Gasteiger partial charge < -0.3 is 8.71 Å². The van der Waals surface area contributed by atoms with Crippen LogP contribution in [0.25, 0.3) is 10.8 Å². The van der Waals surface area contributed by atoms with Gasteiger partial charge in [-0.1, -0.05) is 41.6 Å². The highest BCUT2D eigenvalue weighted by atomic mass is 32.2. The molecular formula is C26H16F5N3O5S.